The third-order valence-electron chi connectivity index (χ3n) is 3.27. The van der Waals surface area contributed by atoms with Crippen LogP contribution in [0.1, 0.15) is 10.6 Å². The first-order chi connectivity index (χ1) is 10.3. The van der Waals surface area contributed by atoms with Crippen molar-refractivity contribution < 1.29 is 17.5 Å². The van der Waals surface area contributed by atoms with E-state index < -0.39 is 10.1 Å². The number of fused-ring (bicyclic) bond motifs is 1. The van der Waals surface area contributed by atoms with E-state index >= 15 is 0 Å². The molecule has 22 heavy (non-hydrogen) atoms. The fourth-order valence-electron chi connectivity index (χ4n) is 1.92. The van der Waals surface area contributed by atoms with Gasteiger partial charge in [-0.15, -0.1) is 0 Å². The van der Waals surface area contributed by atoms with Crippen molar-refractivity contribution in [3.8, 4) is 0 Å². The third-order valence-corrected chi connectivity index (χ3v) is 5.25. The highest BCUT2D eigenvalue weighted by Gasteiger charge is 2.10. The van der Waals surface area contributed by atoms with Crippen LogP contribution in [0.3, 0.4) is 0 Å². The summed E-state index contributed by atoms with van der Waals surface area (Å²) in [6, 6.07) is 14.3. The fraction of sp³-hybridized carbons (Fsp3) is 0.188. The van der Waals surface area contributed by atoms with E-state index in [1.165, 1.54) is 27.4 Å². The Morgan fingerprint density at radius 3 is 2.14 bits per heavy atom. The topological polar surface area (TPSA) is 61.1 Å². The standard InChI is InChI=1S/C9H10NS.C7H8O3S/c1-7-10(2)8-5-3-4-6-9(8)11-7;1-6-2-4-7(5-3-6)11(8,9)10/h3-6H,1-2H3;2-5H,1H3,(H,8,9,10)/q+1;/p-1. The van der Waals surface area contributed by atoms with Gasteiger partial charge >= 0.3 is 0 Å². The number of nitrogens with zero attached hydrogens (tertiary/aromatic N) is 1. The zero-order valence-electron chi connectivity index (χ0n) is 12.6. The molecule has 116 valence electrons. The molecular weight excluding hydrogens is 318 g/mol. The van der Waals surface area contributed by atoms with Crippen molar-refractivity contribution in [1.29, 1.82) is 0 Å². The summed E-state index contributed by atoms with van der Waals surface area (Å²) >= 11 is 1.84. The molecular formula is C16H17NO3S2. The molecule has 0 spiro atoms. The van der Waals surface area contributed by atoms with Crippen LogP contribution in [0, 0.1) is 13.8 Å². The number of para-hydroxylation sites is 1. The molecule has 0 saturated carbocycles. The summed E-state index contributed by atoms with van der Waals surface area (Å²) in [7, 11) is -2.16. The van der Waals surface area contributed by atoms with E-state index in [0.29, 0.717) is 0 Å². The Bertz CT molecular complexity index is 881. The van der Waals surface area contributed by atoms with Gasteiger partial charge in [0.2, 0.25) is 10.5 Å². The van der Waals surface area contributed by atoms with E-state index in [1.54, 1.807) is 12.1 Å². The van der Waals surface area contributed by atoms with Crippen LogP contribution >= 0.6 is 11.3 Å². The van der Waals surface area contributed by atoms with Gasteiger partial charge in [-0.1, -0.05) is 41.2 Å². The van der Waals surface area contributed by atoms with Crippen molar-refractivity contribution in [2.24, 2.45) is 7.05 Å². The lowest BCUT2D eigenvalue weighted by Crippen LogP contribution is -2.28. The second kappa shape index (κ2) is 6.56. The largest absolute Gasteiger partial charge is 0.744 e. The Hall–Kier alpha value is -1.76. The maximum absolute atomic E-state index is 10.4. The molecule has 0 radical (unpaired) electrons. The number of rotatable bonds is 1. The minimum atomic E-state index is -4.27. The van der Waals surface area contributed by atoms with Gasteiger partial charge in [-0.05, 0) is 25.1 Å². The van der Waals surface area contributed by atoms with Crippen LogP contribution in [0.25, 0.3) is 10.2 Å². The number of thiazole rings is 1. The first kappa shape index (κ1) is 16.6. The molecule has 2 aromatic carbocycles. The summed E-state index contributed by atoms with van der Waals surface area (Å²) in [5.41, 5.74) is 2.26. The van der Waals surface area contributed by atoms with Gasteiger partial charge in [0.15, 0.2) is 0 Å². The number of hydrogen-bond acceptors (Lipinski definition) is 4. The highest BCUT2D eigenvalue weighted by molar-refractivity contribution is 7.85. The Morgan fingerprint density at radius 2 is 1.59 bits per heavy atom. The van der Waals surface area contributed by atoms with Gasteiger partial charge in [-0.3, -0.25) is 0 Å². The maximum Gasteiger partial charge on any atom is 0.234 e. The van der Waals surface area contributed by atoms with E-state index in [4.69, 9.17) is 0 Å². The summed E-state index contributed by atoms with van der Waals surface area (Å²) in [4.78, 5) is -0.178. The molecule has 0 atom stereocenters. The second-order valence-corrected chi connectivity index (χ2v) is 7.53. The van der Waals surface area contributed by atoms with Crippen LogP contribution < -0.4 is 4.57 Å². The van der Waals surface area contributed by atoms with Crippen molar-refractivity contribution >= 4 is 31.7 Å². The van der Waals surface area contributed by atoms with E-state index in [0.717, 1.165) is 5.56 Å². The quantitative estimate of drug-likeness (QED) is 0.507. The highest BCUT2D eigenvalue weighted by atomic mass is 32.2. The molecule has 1 aromatic heterocycles. The van der Waals surface area contributed by atoms with Crippen LogP contribution in [-0.2, 0) is 17.2 Å². The second-order valence-electron chi connectivity index (χ2n) is 4.91. The first-order valence-corrected chi connectivity index (χ1v) is 8.88. The molecule has 0 unspecified atom stereocenters. The predicted octanol–water partition coefficient (Wildman–Crippen LogP) is 2.93. The summed E-state index contributed by atoms with van der Waals surface area (Å²) in [6.45, 7) is 3.96. The molecule has 0 amide bonds. The molecule has 0 fully saturated rings. The molecule has 3 aromatic rings. The van der Waals surface area contributed by atoms with Gasteiger partial charge in [-0.2, -0.15) is 4.57 Å². The van der Waals surface area contributed by atoms with Crippen molar-refractivity contribution in [3.05, 3.63) is 59.1 Å². The van der Waals surface area contributed by atoms with Gasteiger partial charge in [0.1, 0.15) is 21.9 Å². The Morgan fingerprint density at radius 1 is 1.00 bits per heavy atom. The molecule has 0 aliphatic carbocycles. The summed E-state index contributed by atoms with van der Waals surface area (Å²) < 4.78 is 34.8. The first-order valence-electron chi connectivity index (χ1n) is 6.66. The van der Waals surface area contributed by atoms with E-state index in [9.17, 15) is 13.0 Å². The van der Waals surface area contributed by atoms with Gasteiger partial charge in [-0.25, -0.2) is 8.42 Å². The maximum atomic E-state index is 10.4. The molecule has 4 nitrogen and oxygen atoms in total. The van der Waals surface area contributed by atoms with E-state index in [-0.39, 0.29) is 4.90 Å². The third kappa shape index (κ3) is 3.91. The van der Waals surface area contributed by atoms with Crippen LogP contribution in [0.5, 0.6) is 0 Å². The van der Waals surface area contributed by atoms with Crippen molar-refractivity contribution in [2.75, 3.05) is 0 Å². The van der Waals surface area contributed by atoms with Gasteiger partial charge in [0, 0.05) is 13.0 Å². The zero-order chi connectivity index (χ0) is 16.3. The molecule has 0 N–H and O–H groups in total. The van der Waals surface area contributed by atoms with E-state index in [1.807, 2.05) is 18.3 Å². The van der Waals surface area contributed by atoms with Crippen LogP contribution in [0.4, 0.5) is 0 Å². The van der Waals surface area contributed by atoms with Crippen molar-refractivity contribution in [1.82, 2.24) is 0 Å². The number of benzene rings is 2. The predicted molar refractivity (Wildman–Crippen MR) is 86.9 cm³/mol. The fourth-order valence-corrected chi connectivity index (χ4v) is 3.40. The van der Waals surface area contributed by atoms with Crippen LogP contribution in [-0.4, -0.2) is 13.0 Å². The lowest BCUT2D eigenvalue weighted by atomic mass is 10.2. The van der Waals surface area contributed by atoms with Crippen LogP contribution in [0.15, 0.2) is 53.4 Å². The minimum Gasteiger partial charge on any atom is -0.744 e. The van der Waals surface area contributed by atoms with E-state index in [2.05, 4.69) is 42.8 Å². The molecule has 3 rings (SSSR count). The Balaban J connectivity index is 0.000000160. The van der Waals surface area contributed by atoms with Gasteiger partial charge in [0.25, 0.3) is 0 Å². The number of aromatic nitrogens is 1. The van der Waals surface area contributed by atoms with Crippen molar-refractivity contribution in [2.45, 2.75) is 18.7 Å². The molecule has 0 bridgehead atoms. The smallest absolute Gasteiger partial charge is 0.234 e. The minimum absolute atomic E-state index is 0.178. The normalized spacial score (nSPS) is 11.1. The number of hydrogen-bond donors (Lipinski definition) is 0. The molecule has 0 aliphatic heterocycles. The lowest BCUT2D eigenvalue weighted by molar-refractivity contribution is -0.646. The molecule has 0 aliphatic rings. The molecule has 6 heteroatoms. The van der Waals surface area contributed by atoms with Gasteiger partial charge in [0.05, 0.1) is 4.90 Å². The summed E-state index contributed by atoms with van der Waals surface area (Å²) in [6.07, 6.45) is 0. The Labute approximate surface area is 134 Å². The Kier molecular flexibility index (Phi) is 4.95. The monoisotopic (exact) mass is 335 g/mol. The lowest BCUT2D eigenvalue weighted by Gasteiger charge is -2.05. The average molecular weight is 335 g/mol. The zero-order valence-corrected chi connectivity index (χ0v) is 14.2. The molecule has 0 saturated heterocycles. The highest BCUT2D eigenvalue weighted by Crippen LogP contribution is 2.18. The summed E-state index contributed by atoms with van der Waals surface area (Å²) in [5.74, 6) is 0. The average Bonchev–Trinajstić information content (AvgIpc) is 2.75. The SMILES string of the molecule is Cc1ccc(S(=O)(=O)[O-])cc1.Cc1sc2ccccc2[n+]1C. The summed E-state index contributed by atoms with van der Waals surface area (Å²) in [5, 5.41) is 1.35. The van der Waals surface area contributed by atoms with Crippen molar-refractivity contribution in [3.63, 3.8) is 0 Å². The molecule has 1 heterocycles. The van der Waals surface area contributed by atoms with Crippen LogP contribution in [0.2, 0.25) is 0 Å². The van der Waals surface area contributed by atoms with Gasteiger partial charge < -0.3 is 4.55 Å². The number of aryl methyl sites for hydroxylation is 3.